The Morgan fingerprint density at radius 1 is 1.20 bits per heavy atom. The van der Waals surface area contributed by atoms with E-state index in [1.54, 1.807) is 0 Å². The van der Waals surface area contributed by atoms with Crippen molar-refractivity contribution in [1.82, 2.24) is 4.90 Å². The lowest BCUT2D eigenvalue weighted by molar-refractivity contribution is 0.243. The Bertz CT molecular complexity index is 464. The highest BCUT2D eigenvalue weighted by Gasteiger charge is 2.20. The molecule has 1 aromatic rings. The third-order valence-electron chi connectivity index (χ3n) is 3.39. The van der Waals surface area contributed by atoms with Crippen molar-refractivity contribution in [3.63, 3.8) is 0 Å². The van der Waals surface area contributed by atoms with Gasteiger partial charge in [-0.05, 0) is 25.3 Å². The maximum absolute atomic E-state index is 4.70. The Morgan fingerprint density at radius 3 is 3.13 bits per heavy atom. The van der Waals surface area contributed by atoms with Crippen molar-refractivity contribution in [3.8, 4) is 0 Å². The average molecular weight is 200 g/mol. The Labute approximate surface area is 89.9 Å². The molecule has 3 rings (SSSR count). The fourth-order valence-electron chi connectivity index (χ4n) is 2.51. The van der Waals surface area contributed by atoms with Crippen LogP contribution in [0, 0.1) is 0 Å². The maximum atomic E-state index is 4.70. The quantitative estimate of drug-likeness (QED) is 0.608. The van der Waals surface area contributed by atoms with Gasteiger partial charge in [0.05, 0.1) is 11.9 Å². The number of benzene rings is 1. The lowest BCUT2D eigenvalue weighted by atomic mass is 10.0. The highest BCUT2D eigenvalue weighted by molar-refractivity contribution is 5.24. The molecule has 1 saturated heterocycles. The number of piperidine rings is 1. The Morgan fingerprint density at radius 2 is 2.13 bits per heavy atom. The third kappa shape index (κ3) is 1.65. The number of hydrogen-bond acceptors (Lipinski definition) is 2. The van der Waals surface area contributed by atoms with Gasteiger partial charge in [0.15, 0.2) is 0 Å². The molecule has 0 bridgehead atoms. The van der Waals surface area contributed by atoms with E-state index in [2.05, 4.69) is 35.4 Å². The normalized spacial score (nSPS) is 24.3. The zero-order valence-corrected chi connectivity index (χ0v) is 8.89. The van der Waals surface area contributed by atoms with Crippen LogP contribution in [0.25, 0.3) is 6.20 Å². The molecule has 2 heteroatoms. The molecule has 0 saturated carbocycles. The van der Waals surface area contributed by atoms with Gasteiger partial charge in [-0.3, -0.25) is 4.99 Å². The minimum atomic E-state index is 0.645. The predicted octanol–water partition coefficient (Wildman–Crippen LogP) is 0.912. The number of nitrogens with zero attached hydrogens (tertiary/aromatic N) is 2. The summed E-state index contributed by atoms with van der Waals surface area (Å²) in [6.07, 6.45) is 6.29. The van der Waals surface area contributed by atoms with E-state index in [1.165, 1.54) is 31.0 Å². The molecule has 1 atom stereocenters. The fraction of sp³-hybridized carbons (Fsp3) is 0.462. The number of hydrogen-bond donors (Lipinski definition) is 0. The van der Waals surface area contributed by atoms with Crippen LogP contribution in [0.2, 0.25) is 0 Å². The summed E-state index contributed by atoms with van der Waals surface area (Å²) >= 11 is 0. The van der Waals surface area contributed by atoms with E-state index in [4.69, 9.17) is 4.99 Å². The van der Waals surface area contributed by atoms with Crippen molar-refractivity contribution < 1.29 is 0 Å². The van der Waals surface area contributed by atoms with E-state index in [0.29, 0.717) is 6.04 Å². The van der Waals surface area contributed by atoms with Gasteiger partial charge < -0.3 is 4.90 Å². The highest BCUT2D eigenvalue weighted by atomic mass is 15.2. The summed E-state index contributed by atoms with van der Waals surface area (Å²) < 4.78 is 0. The van der Waals surface area contributed by atoms with Crippen molar-refractivity contribution in [2.24, 2.45) is 4.99 Å². The molecule has 0 spiro atoms. The second kappa shape index (κ2) is 3.69. The van der Waals surface area contributed by atoms with Gasteiger partial charge in [-0.25, -0.2) is 0 Å². The van der Waals surface area contributed by atoms with Crippen molar-refractivity contribution in [2.45, 2.75) is 25.3 Å². The fourth-order valence-corrected chi connectivity index (χ4v) is 2.51. The Hall–Kier alpha value is -1.31. The molecule has 15 heavy (non-hydrogen) atoms. The molecule has 2 heterocycles. The Kier molecular flexibility index (Phi) is 2.20. The van der Waals surface area contributed by atoms with Gasteiger partial charge in [0.2, 0.25) is 0 Å². The van der Waals surface area contributed by atoms with Gasteiger partial charge in [0, 0.05) is 24.0 Å². The topological polar surface area (TPSA) is 15.6 Å². The van der Waals surface area contributed by atoms with Gasteiger partial charge >= 0.3 is 0 Å². The van der Waals surface area contributed by atoms with Crippen LogP contribution in [0.5, 0.6) is 0 Å². The summed E-state index contributed by atoms with van der Waals surface area (Å²) in [5.41, 5.74) is 0. The van der Waals surface area contributed by atoms with Gasteiger partial charge in [-0.2, -0.15) is 0 Å². The minimum Gasteiger partial charge on any atom is -0.372 e. The Balaban J connectivity index is 2.10. The smallest absolute Gasteiger partial charge is 0.0662 e. The second-order valence-electron chi connectivity index (χ2n) is 4.42. The van der Waals surface area contributed by atoms with Crippen LogP contribution in [0.3, 0.4) is 0 Å². The van der Waals surface area contributed by atoms with Crippen molar-refractivity contribution >= 4 is 6.20 Å². The average Bonchev–Trinajstić information content (AvgIpc) is 2.48. The van der Waals surface area contributed by atoms with Crippen LogP contribution in [-0.2, 0) is 0 Å². The van der Waals surface area contributed by atoms with E-state index in [9.17, 15) is 0 Å². The van der Waals surface area contributed by atoms with Gasteiger partial charge in [0.1, 0.15) is 0 Å². The second-order valence-corrected chi connectivity index (χ2v) is 4.42. The molecule has 78 valence electrons. The van der Waals surface area contributed by atoms with E-state index in [0.717, 1.165) is 11.9 Å². The predicted molar refractivity (Wildman–Crippen MR) is 60.9 cm³/mol. The van der Waals surface area contributed by atoms with Crippen LogP contribution < -0.4 is 10.6 Å². The summed E-state index contributed by atoms with van der Waals surface area (Å²) in [7, 11) is 0. The van der Waals surface area contributed by atoms with Gasteiger partial charge in [-0.15, -0.1) is 0 Å². The molecule has 2 aliphatic heterocycles. The molecule has 1 unspecified atom stereocenters. The lowest BCUT2D eigenvalue weighted by Crippen LogP contribution is -2.37. The van der Waals surface area contributed by atoms with E-state index < -0.39 is 0 Å². The van der Waals surface area contributed by atoms with Crippen LogP contribution in [-0.4, -0.2) is 24.0 Å². The van der Waals surface area contributed by atoms with E-state index in [1.807, 2.05) is 0 Å². The summed E-state index contributed by atoms with van der Waals surface area (Å²) in [5.74, 6) is 0. The number of rotatable bonds is 0. The number of para-hydroxylation sites is 1. The molecule has 0 aliphatic carbocycles. The molecule has 0 amide bonds. The summed E-state index contributed by atoms with van der Waals surface area (Å²) in [6.45, 7) is 2.17. The SMILES string of the molecule is C1=c2ccccc2=NCC2CCCCN12. The zero-order valence-electron chi connectivity index (χ0n) is 8.89. The first kappa shape index (κ1) is 8.96. The molecule has 1 fully saturated rings. The summed E-state index contributed by atoms with van der Waals surface area (Å²) in [4.78, 5) is 7.18. The molecule has 1 aromatic carbocycles. The number of fused-ring (bicyclic) bond motifs is 2. The zero-order chi connectivity index (χ0) is 10.1. The molecule has 2 nitrogen and oxygen atoms in total. The summed E-state index contributed by atoms with van der Waals surface area (Å²) in [6, 6.07) is 9.08. The third-order valence-corrected chi connectivity index (χ3v) is 3.39. The highest BCUT2D eigenvalue weighted by Crippen LogP contribution is 2.17. The molecular weight excluding hydrogens is 184 g/mol. The van der Waals surface area contributed by atoms with Gasteiger partial charge in [0.25, 0.3) is 0 Å². The van der Waals surface area contributed by atoms with E-state index >= 15 is 0 Å². The van der Waals surface area contributed by atoms with Crippen LogP contribution in [0.15, 0.2) is 29.3 Å². The molecule has 0 N–H and O–H groups in total. The van der Waals surface area contributed by atoms with Crippen molar-refractivity contribution in [3.05, 3.63) is 34.8 Å². The molecular formula is C13H16N2. The van der Waals surface area contributed by atoms with Crippen LogP contribution in [0.1, 0.15) is 19.3 Å². The standard InChI is InChI=1S/C13H16N2/c1-2-7-13-11(5-1)10-15-8-4-3-6-12(15)9-14-13/h1-2,5,7,10,12H,3-4,6,8-9H2. The van der Waals surface area contributed by atoms with Gasteiger partial charge in [-0.1, -0.05) is 18.2 Å². The maximum Gasteiger partial charge on any atom is 0.0662 e. The van der Waals surface area contributed by atoms with Crippen molar-refractivity contribution in [2.75, 3.05) is 13.1 Å². The van der Waals surface area contributed by atoms with Crippen LogP contribution >= 0.6 is 0 Å². The minimum absolute atomic E-state index is 0.645. The first-order valence-electron chi connectivity index (χ1n) is 5.80. The lowest BCUT2D eigenvalue weighted by Gasteiger charge is -2.33. The molecule has 0 aromatic heterocycles. The molecule has 0 radical (unpaired) electrons. The summed E-state index contributed by atoms with van der Waals surface area (Å²) in [5, 5.41) is 2.44. The molecule has 2 aliphatic rings. The van der Waals surface area contributed by atoms with E-state index in [-0.39, 0.29) is 0 Å². The first-order valence-corrected chi connectivity index (χ1v) is 5.80. The largest absolute Gasteiger partial charge is 0.372 e. The van der Waals surface area contributed by atoms with Crippen LogP contribution in [0.4, 0.5) is 0 Å². The monoisotopic (exact) mass is 200 g/mol. The van der Waals surface area contributed by atoms with Crippen molar-refractivity contribution in [1.29, 1.82) is 0 Å². The first-order chi connectivity index (χ1) is 7.43.